The summed E-state index contributed by atoms with van der Waals surface area (Å²) in [6.45, 7) is 2.30. The normalized spacial score (nSPS) is 29.9. The molecule has 0 aliphatic heterocycles. The molecule has 0 amide bonds. The molecule has 1 aromatic rings. The smallest absolute Gasteiger partial charge is 0.167 e. The second kappa shape index (κ2) is 9.30. The van der Waals surface area contributed by atoms with E-state index in [0.717, 1.165) is 23.8 Å². The van der Waals surface area contributed by atoms with Crippen molar-refractivity contribution in [3.63, 3.8) is 0 Å². The summed E-state index contributed by atoms with van der Waals surface area (Å²) in [5, 5.41) is 0. The first-order chi connectivity index (χ1) is 12.9. The first kappa shape index (κ1) is 20.5. The molecule has 0 aromatic heterocycles. The lowest BCUT2D eigenvalue weighted by atomic mass is 9.68. The maximum Gasteiger partial charge on any atom is 0.409 e. The third kappa shape index (κ3) is 6.12. The van der Waals surface area contributed by atoms with Gasteiger partial charge < -0.3 is 0 Å². The molecule has 2 saturated carbocycles. The predicted octanol–water partition coefficient (Wildman–Crippen LogP) is 8.14. The van der Waals surface area contributed by atoms with E-state index in [0.29, 0.717) is 17.6 Å². The zero-order valence-electron chi connectivity index (χ0n) is 16.5. The molecule has 0 heterocycles. The molecule has 3 rings (SSSR count). The number of halogens is 3. The van der Waals surface area contributed by atoms with E-state index in [-0.39, 0.29) is 0 Å². The van der Waals surface area contributed by atoms with Gasteiger partial charge in [0.1, 0.15) is 0 Å². The maximum atomic E-state index is 12.3. The van der Waals surface area contributed by atoms with Gasteiger partial charge in [0, 0.05) is 6.08 Å². The van der Waals surface area contributed by atoms with E-state index < -0.39 is 6.18 Å². The number of alkyl halides is 3. The second-order valence-corrected chi connectivity index (χ2v) is 8.72. The Morgan fingerprint density at radius 1 is 0.852 bits per heavy atom. The average molecular weight is 379 g/mol. The molecule has 0 radical (unpaired) electrons. The van der Waals surface area contributed by atoms with Crippen LogP contribution in [0.3, 0.4) is 0 Å². The van der Waals surface area contributed by atoms with E-state index >= 15 is 0 Å². The van der Waals surface area contributed by atoms with Gasteiger partial charge in [-0.2, -0.15) is 13.2 Å². The van der Waals surface area contributed by atoms with Gasteiger partial charge >= 0.3 is 6.18 Å². The van der Waals surface area contributed by atoms with Crippen LogP contribution in [0.1, 0.15) is 88.2 Å². The SMILES string of the molecule is CCCC1CCC(C2CCC(c3ccc(/C=C/C(F)(F)F)cc3)CC2)CC1. The van der Waals surface area contributed by atoms with Crippen molar-refractivity contribution < 1.29 is 13.2 Å². The largest absolute Gasteiger partial charge is 0.409 e. The molecule has 3 heteroatoms. The minimum Gasteiger partial charge on any atom is -0.167 e. The minimum atomic E-state index is -4.24. The molecular weight excluding hydrogens is 345 g/mol. The summed E-state index contributed by atoms with van der Waals surface area (Å²) < 4.78 is 36.8. The van der Waals surface area contributed by atoms with Gasteiger partial charge in [0.05, 0.1) is 0 Å². The Bertz CT molecular complexity index is 583. The average Bonchev–Trinajstić information content (AvgIpc) is 2.67. The Kier molecular flexibility index (Phi) is 7.05. The van der Waals surface area contributed by atoms with Gasteiger partial charge in [-0.1, -0.05) is 62.9 Å². The van der Waals surface area contributed by atoms with Crippen LogP contribution < -0.4 is 0 Å². The van der Waals surface area contributed by atoms with Crippen molar-refractivity contribution in [2.75, 3.05) is 0 Å². The van der Waals surface area contributed by atoms with Gasteiger partial charge in [0.15, 0.2) is 0 Å². The van der Waals surface area contributed by atoms with Crippen molar-refractivity contribution in [1.82, 2.24) is 0 Å². The summed E-state index contributed by atoms with van der Waals surface area (Å²) >= 11 is 0. The first-order valence-electron chi connectivity index (χ1n) is 10.8. The molecule has 2 aliphatic carbocycles. The van der Waals surface area contributed by atoms with E-state index in [4.69, 9.17) is 0 Å². The molecule has 2 aliphatic rings. The lowest BCUT2D eigenvalue weighted by Gasteiger charge is -2.38. The molecule has 0 bridgehead atoms. The zero-order valence-corrected chi connectivity index (χ0v) is 16.5. The maximum absolute atomic E-state index is 12.3. The molecule has 150 valence electrons. The Morgan fingerprint density at radius 2 is 1.41 bits per heavy atom. The second-order valence-electron chi connectivity index (χ2n) is 8.72. The topological polar surface area (TPSA) is 0 Å². The van der Waals surface area contributed by atoms with Gasteiger partial charge in [-0.05, 0) is 73.3 Å². The highest BCUT2D eigenvalue weighted by atomic mass is 19.4. The number of benzene rings is 1. The highest BCUT2D eigenvalue weighted by Crippen LogP contribution is 2.44. The third-order valence-electron chi connectivity index (χ3n) is 6.90. The van der Waals surface area contributed by atoms with E-state index in [9.17, 15) is 13.2 Å². The summed E-state index contributed by atoms with van der Waals surface area (Å²) in [6, 6.07) is 7.69. The Labute approximate surface area is 162 Å². The van der Waals surface area contributed by atoms with Crippen molar-refractivity contribution in [3.8, 4) is 0 Å². The fraction of sp³-hybridized carbons (Fsp3) is 0.667. The van der Waals surface area contributed by atoms with Gasteiger partial charge in [-0.15, -0.1) is 0 Å². The van der Waals surface area contributed by atoms with Crippen molar-refractivity contribution in [1.29, 1.82) is 0 Å². The number of allylic oxidation sites excluding steroid dienone is 1. The standard InChI is InChI=1S/C24H33F3/c1-2-3-18-4-8-20(9-5-18)22-12-14-23(15-13-22)21-10-6-19(7-11-21)16-17-24(25,26)27/h6-7,10-11,16-18,20,22-23H,2-5,8-9,12-15H2,1H3/b17-16+. The van der Waals surface area contributed by atoms with Crippen molar-refractivity contribution in [2.24, 2.45) is 17.8 Å². The Morgan fingerprint density at radius 3 is 1.93 bits per heavy atom. The van der Waals surface area contributed by atoms with Crippen molar-refractivity contribution in [2.45, 2.75) is 83.2 Å². The number of hydrogen-bond acceptors (Lipinski definition) is 0. The summed E-state index contributed by atoms with van der Waals surface area (Å²) in [7, 11) is 0. The molecule has 0 spiro atoms. The van der Waals surface area contributed by atoms with Gasteiger partial charge in [-0.3, -0.25) is 0 Å². The highest BCUT2D eigenvalue weighted by Gasteiger charge is 2.31. The van der Waals surface area contributed by atoms with E-state index in [2.05, 4.69) is 6.92 Å². The van der Waals surface area contributed by atoms with Crippen LogP contribution in [0.4, 0.5) is 13.2 Å². The molecule has 2 fully saturated rings. The Balaban J connectivity index is 1.47. The highest BCUT2D eigenvalue weighted by molar-refractivity contribution is 5.50. The lowest BCUT2D eigenvalue weighted by Crippen LogP contribution is -2.25. The van der Waals surface area contributed by atoms with Crippen LogP contribution in [0.25, 0.3) is 6.08 Å². The summed E-state index contributed by atoms with van der Waals surface area (Å²) in [6.07, 6.45) is 10.8. The Hall–Kier alpha value is -1.25. The predicted molar refractivity (Wildman–Crippen MR) is 107 cm³/mol. The van der Waals surface area contributed by atoms with E-state index in [1.165, 1.54) is 69.8 Å². The van der Waals surface area contributed by atoms with Crippen LogP contribution in [0.5, 0.6) is 0 Å². The molecule has 1 aromatic carbocycles. The lowest BCUT2D eigenvalue weighted by molar-refractivity contribution is -0.0790. The molecule has 0 atom stereocenters. The number of rotatable bonds is 5. The van der Waals surface area contributed by atoms with Gasteiger partial charge in [0.2, 0.25) is 0 Å². The van der Waals surface area contributed by atoms with Crippen LogP contribution >= 0.6 is 0 Å². The third-order valence-corrected chi connectivity index (χ3v) is 6.90. The quantitative estimate of drug-likeness (QED) is 0.485. The van der Waals surface area contributed by atoms with E-state index in [1.807, 2.05) is 24.3 Å². The van der Waals surface area contributed by atoms with Crippen molar-refractivity contribution in [3.05, 3.63) is 41.5 Å². The van der Waals surface area contributed by atoms with Crippen LogP contribution in [-0.4, -0.2) is 6.18 Å². The summed E-state index contributed by atoms with van der Waals surface area (Å²) in [5.41, 5.74) is 1.91. The minimum absolute atomic E-state index is 0.308. The van der Waals surface area contributed by atoms with Crippen molar-refractivity contribution >= 4 is 6.08 Å². The monoisotopic (exact) mass is 378 g/mol. The summed E-state index contributed by atoms with van der Waals surface area (Å²) in [5.74, 6) is 3.40. The van der Waals surface area contributed by atoms with Crippen LogP contribution in [0, 0.1) is 17.8 Å². The van der Waals surface area contributed by atoms with Crippen LogP contribution in [-0.2, 0) is 0 Å². The molecule has 0 N–H and O–H groups in total. The number of hydrogen-bond donors (Lipinski definition) is 0. The van der Waals surface area contributed by atoms with E-state index in [1.54, 1.807) is 0 Å². The molecule has 0 unspecified atom stereocenters. The molecule has 0 saturated heterocycles. The molecule has 0 nitrogen and oxygen atoms in total. The van der Waals surface area contributed by atoms with Crippen LogP contribution in [0.15, 0.2) is 30.3 Å². The van der Waals surface area contributed by atoms with Gasteiger partial charge in [-0.25, -0.2) is 0 Å². The van der Waals surface area contributed by atoms with Gasteiger partial charge in [0.25, 0.3) is 0 Å². The fourth-order valence-electron chi connectivity index (χ4n) is 5.35. The molecular formula is C24H33F3. The fourth-order valence-corrected chi connectivity index (χ4v) is 5.35. The molecule has 27 heavy (non-hydrogen) atoms. The summed E-state index contributed by atoms with van der Waals surface area (Å²) in [4.78, 5) is 0. The first-order valence-corrected chi connectivity index (χ1v) is 10.8. The zero-order chi connectivity index (χ0) is 19.3. The van der Waals surface area contributed by atoms with Crippen LogP contribution in [0.2, 0.25) is 0 Å².